The van der Waals surface area contributed by atoms with E-state index in [1.807, 2.05) is 6.92 Å². The van der Waals surface area contributed by atoms with Crippen molar-refractivity contribution < 1.29 is 29.0 Å². The number of aliphatic carboxylic acids is 1. The molecule has 148 valence electrons. The zero-order valence-electron chi connectivity index (χ0n) is 15.0. The van der Waals surface area contributed by atoms with Crippen LogP contribution in [0.1, 0.15) is 22.8 Å². The summed E-state index contributed by atoms with van der Waals surface area (Å²) in [6, 6.07) is 4.29. The van der Waals surface area contributed by atoms with Gasteiger partial charge in [0, 0.05) is 28.3 Å². The van der Waals surface area contributed by atoms with Crippen molar-refractivity contribution >= 4 is 51.4 Å². The van der Waals surface area contributed by atoms with E-state index < -0.39 is 35.2 Å². The SMILES string of the molecule is CC(=O)OCC1=C(C(=O)O)N2C(=O)[C@H](NC(=O)c3ccc(C)c(Br)c3)[C@H]2SC1. The molecule has 1 saturated heterocycles. The van der Waals surface area contributed by atoms with Crippen molar-refractivity contribution in [1.82, 2.24) is 10.2 Å². The number of carboxylic acids is 1. The largest absolute Gasteiger partial charge is 0.477 e. The smallest absolute Gasteiger partial charge is 0.352 e. The molecule has 2 amide bonds. The minimum atomic E-state index is -1.27. The predicted molar refractivity (Wildman–Crippen MR) is 105 cm³/mol. The monoisotopic (exact) mass is 468 g/mol. The summed E-state index contributed by atoms with van der Waals surface area (Å²) >= 11 is 4.68. The van der Waals surface area contributed by atoms with Gasteiger partial charge in [-0.15, -0.1) is 11.8 Å². The quantitative estimate of drug-likeness (QED) is 0.498. The van der Waals surface area contributed by atoms with E-state index in [9.17, 15) is 24.3 Å². The highest BCUT2D eigenvalue weighted by atomic mass is 79.9. The van der Waals surface area contributed by atoms with Gasteiger partial charge >= 0.3 is 11.9 Å². The fraction of sp³-hybridized carbons (Fsp3) is 0.333. The number of esters is 1. The van der Waals surface area contributed by atoms with E-state index in [-0.39, 0.29) is 18.1 Å². The van der Waals surface area contributed by atoms with E-state index in [2.05, 4.69) is 21.2 Å². The molecule has 8 nitrogen and oxygen atoms in total. The van der Waals surface area contributed by atoms with Gasteiger partial charge < -0.3 is 15.2 Å². The van der Waals surface area contributed by atoms with E-state index in [0.717, 1.165) is 14.9 Å². The minimum absolute atomic E-state index is 0.182. The van der Waals surface area contributed by atoms with Gasteiger partial charge in [0.05, 0.1) is 0 Å². The number of halogens is 1. The fourth-order valence-corrected chi connectivity index (χ4v) is 4.65. The zero-order chi connectivity index (χ0) is 20.6. The molecule has 0 aromatic heterocycles. The normalized spacial score (nSPS) is 21.0. The molecule has 2 heterocycles. The summed E-state index contributed by atoms with van der Waals surface area (Å²) in [6.07, 6.45) is 0. The first-order valence-corrected chi connectivity index (χ1v) is 10.1. The number of thioether (sulfide) groups is 1. The number of carboxylic acid groups (broad SMARTS) is 1. The second-order valence-electron chi connectivity index (χ2n) is 6.36. The summed E-state index contributed by atoms with van der Waals surface area (Å²) < 4.78 is 5.67. The maximum absolute atomic E-state index is 12.6. The highest BCUT2D eigenvalue weighted by Gasteiger charge is 2.54. The Bertz CT molecular complexity index is 915. The van der Waals surface area contributed by atoms with Crippen molar-refractivity contribution in [2.24, 2.45) is 0 Å². The molecule has 0 unspecified atom stereocenters. The third-order valence-corrected chi connectivity index (χ3v) is 6.61. The molecule has 2 N–H and O–H groups in total. The lowest BCUT2D eigenvalue weighted by atomic mass is 10.0. The molecule has 10 heteroatoms. The van der Waals surface area contributed by atoms with Gasteiger partial charge in [-0.05, 0) is 24.6 Å². The van der Waals surface area contributed by atoms with Crippen molar-refractivity contribution in [3.8, 4) is 0 Å². The Balaban J connectivity index is 1.76. The molecular weight excluding hydrogens is 452 g/mol. The molecule has 2 atom stereocenters. The first-order chi connectivity index (χ1) is 13.2. The molecule has 0 radical (unpaired) electrons. The average molecular weight is 469 g/mol. The number of carbonyl (C=O) groups is 4. The van der Waals surface area contributed by atoms with Crippen LogP contribution in [0, 0.1) is 6.92 Å². The zero-order valence-corrected chi connectivity index (χ0v) is 17.4. The van der Waals surface area contributed by atoms with E-state index >= 15 is 0 Å². The Morgan fingerprint density at radius 3 is 2.71 bits per heavy atom. The summed E-state index contributed by atoms with van der Waals surface area (Å²) in [5.74, 6) is -2.44. The van der Waals surface area contributed by atoms with Crippen LogP contribution in [0.25, 0.3) is 0 Å². The highest BCUT2D eigenvalue weighted by molar-refractivity contribution is 9.10. The number of β-lactam (4-membered cyclic amide) rings is 1. The number of benzene rings is 1. The van der Waals surface area contributed by atoms with Crippen LogP contribution < -0.4 is 5.32 Å². The Kier molecular flexibility index (Phi) is 5.80. The number of nitrogens with zero attached hydrogens (tertiary/aromatic N) is 1. The van der Waals surface area contributed by atoms with Crippen molar-refractivity contribution in [2.75, 3.05) is 12.4 Å². The maximum Gasteiger partial charge on any atom is 0.352 e. The predicted octanol–water partition coefficient (Wildman–Crippen LogP) is 1.67. The molecule has 0 saturated carbocycles. The van der Waals surface area contributed by atoms with Gasteiger partial charge in [0.25, 0.3) is 11.8 Å². The molecule has 1 aromatic carbocycles. The van der Waals surface area contributed by atoms with Crippen LogP contribution in [0.15, 0.2) is 33.9 Å². The van der Waals surface area contributed by atoms with Gasteiger partial charge in [0.1, 0.15) is 23.7 Å². The van der Waals surface area contributed by atoms with Gasteiger partial charge in [0.2, 0.25) is 0 Å². The van der Waals surface area contributed by atoms with E-state index in [4.69, 9.17) is 4.74 Å². The molecule has 0 bridgehead atoms. The van der Waals surface area contributed by atoms with Gasteiger partial charge in [-0.25, -0.2) is 4.79 Å². The first-order valence-electron chi connectivity index (χ1n) is 8.31. The third-order valence-electron chi connectivity index (χ3n) is 4.42. The molecular formula is C18H17BrN2O6S. The number of hydrogen-bond donors (Lipinski definition) is 2. The van der Waals surface area contributed by atoms with Crippen LogP contribution >= 0.6 is 27.7 Å². The van der Waals surface area contributed by atoms with Crippen LogP contribution in [-0.4, -0.2) is 57.5 Å². The molecule has 1 fully saturated rings. The van der Waals surface area contributed by atoms with Crippen LogP contribution in [-0.2, 0) is 19.1 Å². The molecule has 2 aliphatic heterocycles. The number of fused-ring (bicyclic) bond motifs is 1. The molecule has 1 aromatic rings. The van der Waals surface area contributed by atoms with Crippen molar-refractivity contribution in [3.05, 3.63) is 45.1 Å². The van der Waals surface area contributed by atoms with Crippen LogP contribution in [0.4, 0.5) is 0 Å². The lowest BCUT2D eigenvalue weighted by molar-refractivity contribution is -0.149. The van der Waals surface area contributed by atoms with Crippen LogP contribution in [0.2, 0.25) is 0 Å². The lowest BCUT2D eigenvalue weighted by Gasteiger charge is -2.49. The maximum atomic E-state index is 12.6. The molecule has 28 heavy (non-hydrogen) atoms. The Labute approximate surface area is 173 Å². The summed E-state index contributed by atoms with van der Waals surface area (Å²) in [5.41, 5.74) is 1.54. The minimum Gasteiger partial charge on any atom is -0.477 e. The lowest BCUT2D eigenvalue weighted by Crippen LogP contribution is -2.70. The highest BCUT2D eigenvalue weighted by Crippen LogP contribution is 2.40. The van der Waals surface area contributed by atoms with Gasteiger partial charge in [0.15, 0.2) is 0 Å². The second-order valence-corrected chi connectivity index (χ2v) is 8.32. The Morgan fingerprint density at radius 2 is 2.11 bits per heavy atom. The van der Waals surface area contributed by atoms with Gasteiger partial charge in [-0.2, -0.15) is 0 Å². The first kappa shape index (κ1) is 20.4. The summed E-state index contributed by atoms with van der Waals surface area (Å²) in [4.78, 5) is 48.9. The molecule has 0 spiro atoms. The van der Waals surface area contributed by atoms with E-state index in [1.165, 1.54) is 18.7 Å². The van der Waals surface area contributed by atoms with E-state index in [0.29, 0.717) is 11.1 Å². The summed E-state index contributed by atoms with van der Waals surface area (Å²) in [6.45, 7) is 2.93. The summed E-state index contributed by atoms with van der Waals surface area (Å²) in [5, 5.41) is 11.7. The summed E-state index contributed by atoms with van der Waals surface area (Å²) in [7, 11) is 0. The topological polar surface area (TPSA) is 113 Å². The number of aryl methyl sites for hydroxylation is 1. The third kappa shape index (κ3) is 3.79. The fourth-order valence-electron chi connectivity index (χ4n) is 2.94. The van der Waals surface area contributed by atoms with Crippen LogP contribution in [0.3, 0.4) is 0 Å². The second kappa shape index (κ2) is 7.96. The van der Waals surface area contributed by atoms with Crippen molar-refractivity contribution in [3.63, 3.8) is 0 Å². The van der Waals surface area contributed by atoms with Gasteiger partial charge in [-0.1, -0.05) is 22.0 Å². The Morgan fingerprint density at radius 1 is 1.39 bits per heavy atom. The standard InChI is InChI=1S/C18H17BrN2O6S/c1-8-3-4-10(5-12(8)19)15(23)20-13-16(24)21-14(18(25)26)11(6-27-9(2)22)7-28-17(13)21/h3-5,13,17H,6-7H2,1-2H3,(H,20,23)(H,25,26)/t13-,17+/m0/s1. The number of nitrogens with one attached hydrogen (secondary N) is 1. The van der Waals surface area contributed by atoms with Crippen LogP contribution in [0.5, 0.6) is 0 Å². The molecule has 0 aliphatic carbocycles. The number of hydrogen-bond acceptors (Lipinski definition) is 6. The molecule has 2 aliphatic rings. The Hall–Kier alpha value is -2.33. The number of carbonyl (C=O) groups excluding carboxylic acids is 3. The number of ether oxygens (including phenoxy) is 1. The average Bonchev–Trinajstić information content (AvgIpc) is 2.65. The van der Waals surface area contributed by atoms with Gasteiger partial charge in [-0.3, -0.25) is 19.3 Å². The number of rotatable bonds is 5. The number of amides is 2. The molecule has 3 rings (SSSR count). The van der Waals surface area contributed by atoms with Crippen molar-refractivity contribution in [1.29, 1.82) is 0 Å². The van der Waals surface area contributed by atoms with Crippen molar-refractivity contribution in [2.45, 2.75) is 25.3 Å². The van der Waals surface area contributed by atoms with E-state index in [1.54, 1.807) is 18.2 Å².